The van der Waals surface area contributed by atoms with E-state index in [4.69, 9.17) is 16.6 Å². The molecule has 0 bridgehead atoms. The quantitative estimate of drug-likeness (QED) is 0.0667. The van der Waals surface area contributed by atoms with Crippen molar-refractivity contribution >= 4 is 41.5 Å². The summed E-state index contributed by atoms with van der Waals surface area (Å²) >= 11 is 0. The normalized spacial score (nSPS) is 17.3. The molecule has 18 nitrogen and oxygen atoms in total. The molecular weight excluding hydrogens is 702 g/mol. The second-order valence-corrected chi connectivity index (χ2v) is 13.5. The van der Waals surface area contributed by atoms with E-state index in [0.717, 1.165) is 0 Å². The van der Waals surface area contributed by atoms with Crippen LogP contribution < -0.4 is 32.7 Å². The van der Waals surface area contributed by atoms with Gasteiger partial charge in [0.2, 0.25) is 29.5 Å². The van der Waals surface area contributed by atoms with Crippen molar-refractivity contribution in [2.24, 2.45) is 17.4 Å². The molecule has 1 aliphatic rings. The Morgan fingerprint density at radius 1 is 0.926 bits per heavy atom. The number of unbranched alkanes of at least 4 members (excludes halogenated alkanes) is 1. The predicted octanol–water partition coefficient (Wildman–Crippen LogP) is -0.813. The molecule has 2 aromatic rings. The van der Waals surface area contributed by atoms with Gasteiger partial charge in [0.1, 0.15) is 30.2 Å². The number of aromatic nitrogens is 2. The number of amides is 5. The van der Waals surface area contributed by atoms with Crippen molar-refractivity contribution in [1.82, 2.24) is 36.1 Å². The molecule has 1 aromatic heterocycles. The van der Waals surface area contributed by atoms with E-state index < -0.39 is 90.1 Å². The minimum Gasteiger partial charge on any atom is -0.481 e. The van der Waals surface area contributed by atoms with Crippen LogP contribution in [0.2, 0.25) is 0 Å². The first-order valence-electron chi connectivity index (χ1n) is 18.2. The number of carbonyl (C=O) groups is 7. The molecule has 5 amide bonds. The molecule has 1 aromatic carbocycles. The van der Waals surface area contributed by atoms with Crippen molar-refractivity contribution in [3.8, 4) is 0 Å². The van der Waals surface area contributed by atoms with Gasteiger partial charge in [0, 0.05) is 31.3 Å². The van der Waals surface area contributed by atoms with Crippen LogP contribution in [-0.2, 0) is 46.4 Å². The lowest BCUT2D eigenvalue weighted by atomic mass is 9.96. The van der Waals surface area contributed by atoms with Crippen LogP contribution in [0, 0.1) is 5.92 Å². The van der Waals surface area contributed by atoms with E-state index in [0.29, 0.717) is 43.5 Å². The van der Waals surface area contributed by atoms with Crippen LogP contribution in [0.3, 0.4) is 0 Å². The van der Waals surface area contributed by atoms with Gasteiger partial charge in [0.05, 0.1) is 18.8 Å². The third kappa shape index (κ3) is 12.9. The highest BCUT2D eigenvalue weighted by Crippen LogP contribution is 2.21. The largest absolute Gasteiger partial charge is 0.481 e. The maximum absolute atomic E-state index is 14.2. The van der Waals surface area contributed by atoms with Crippen molar-refractivity contribution in [3.63, 3.8) is 0 Å². The van der Waals surface area contributed by atoms with Gasteiger partial charge in [-0.25, -0.2) is 9.78 Å². The number of hydrogen-bond donors (Lipinski definition) is 9. The lowest BCUT2D eigenvalue weighted by Gasteiger charge is -2.31. The number of carboxylic acid groups (broad SMARTS) is 2. The van der Waals surface area contributed by atoms with Crippen LogP contribution in [0.4, 0.5) is 0 Å². The predicted molar refractivity (Wildman–Crippen MR) is 195 cm³/mol. The van der Waals surface area contributed by atoms with Crippen molar-refractivity contribution in [2.75, 3.05) is 13.1 Å². The Bertz CT molecular complexity index is 1570. The third-order valence-corrected chi connectivity index (χ3v) is 9.43. The van der Waals surface area contributed by atoms with E-state index >= 15 is 0 Å². The number of rotatable bonds is 22. The molecule has 0 spiro atoms. The molecule has 0 aliphatic carbocycles. The average molecular weight is 756 g/mol. The zero-order valence-electron chi connectivity index (χ0n) is 30.7. The summed E-state index contributed by atoms with van der Waals surface area (Å²) in [7, 11) is 0. The minimum atomic E-state index is -1.41. The molecule has 0 radical (unpaired) electrons. The average Bonchev–Trinajstić information content (AvgIpc) is 3.85. The third-order valence-electron chi connectivity index (χ3n) is 9.43. The first kappa shape index (κ1) is 43.0. The standard InChI is InChI=1S/C36H53N9O9/c1-3-21(2)30(44-32(49)25(12-7-8-14-37)41-31(48)24(38)18-29(46)47)34(51)42-26(17-23-19-39-20-40-23)35(52)45-15-9-13-28(45)33(50)43-27(36(53)54)16-22-10-5-4-6-11-22/h4-6,10-11,19-21,24-28,30H,3,7-9,12-18,37-38H2,1-2H3,(H,39,40)(H,41,48)(H,42,51)(H,43,50)(H,44,49)(H,46,47)(H,53,54). The summed E-state index contributed by atoms with van der Waals surface area (Å²) in [5, 5.41) is 29.5. The van der Waals surface area contributed by atoms with Crippen LogP contribution in [-0.4, -0.2) is 116 Å². The van der Waals surface area contributed by atoms with Gasteiger partial charge in [-0.05, 0) is 50.1 Å². The van der Waals surface area contributed by atoms with Crippen molar-refractivity contribution < 1.29 is 43.8 Å². The number of aromatic amines is 1. The van der Waals surface area contributed by atoms with Crippen molar-refractivity contribution in [2.45, 2.75) is 108 Å². The summed E-state index contributed by atoms with van der Waals surface area (Å²) in [6, 6.07) is 1.62. The van der Waals surface area contributed by atoms with E-state index in [1.54, 1.807) is 37.3 Å². The number of carbonyl (C=O) groups excluding carboxylic acids is 5. The smallest absolute Gasteiger partial charge is 0.326 e. The second kappa shape index (κ2) is 21.4. The van der Waals surface area contributed by atoms with Gasteiger partial charge in [-0.1, -0.05) is 50.6 Å². The number of benzene rings is 1. The Balaban J connectivity index is 1.81. The van der Waals surface area contributed by atoms with Crippen LogP contribution in [0.5, 0.6) is 0 Å². The topological polar surface area (TPSA) is 292 Å². The van der Waals surface area contributed by atoms with E-state index in [-0.39, 0.29) is 32.2 Å². The Morgan fingerprint density at radius 2 is 1.63 bits per heavy atom. The number of nitrogens with two attached hydrogens (primary N) is 2. The highest BCUT2D eigenvalue weighted by atomic mass is 16.4. The molecule has 1 aliphatic heterocycles. The molecule has 7 unspecified atom stereocenters. The maximum Gasteiger partial charge on any atom is 0.326 e. The Labute approximate surface area is 313 Å². The lowest BCUT2D eigenvalue weighted by molar-refractivity contribution is -0.145. The van der Waals surface area contributed by atoms with E-state index in [2.05, 4.69) is 31.2 Å². The van der Waals surface area contributed by atoms with Gasteiger partial charge in [-0.15, -0.1) is 0 Å². The number of H-pyrrole nitrogens is 1. The van der Waals surface area contributed by atoms with Crippen molar-refractivity contribution in [3.05, 3.63) is 54.1 Å². The molecule has 18 heteroatoms. The second-order valence-electron chi connectivity index (χ2n) is 13.5. The highest BCUT2D eigenvalue weighted by molar-refractivity contribution is 5.97. The van der Waals surface area contributed by atoms with Gasteiger partial charge >= 0.3 is 11.9 Å². The molecule has 3 rings (SSSR count). The zero-order chi connectivity index (χ0) is 39.8. The van der Waals surface area contributed by atoms with E-state index in [1.165, 1.54) is 17.4 Å². The summed E-state index contributed by atoms with van der Waals surface area (Å²) in [6.07, 6.45) is 4.53. The molecule has 1 fully saturated rings. The van der Waals surface area contributed by atoms with Gasteiger partial charge in [-0.3, -0.25) is 28.8 Å². The number of likely N-dealkylation sites (tertiary alicyclic amines) is 1. The summed E-state index contributed by atoms with van der Waals surface area (Å²) in [5.74, 6) is -6.43. The fourth-order valence-electron chi connectivity index (χ4n) is 6.18. The summed E-state index contributed by atoms with van der Waals surface area (Å²) in [6.45, 7) is 4.06. The van der Waals surface area contributed by atoms with E-state index in [9.17, 15) is 38.7 Å². The number of imidazole rings is 1. The zero-order valence-corrected chi connectivity index (χ0v) is 30.7. The SMILES string of the molecule is CCC(C)C(NC(=O)C(CCCCN)NC(=O)C(N)CC(=O)O)C(=O)NC(Cc1cnc[nH]1)C(=O)N1CCCC1C(=O)NC(Cc1ccccc1)C(=O)O. The number of carboxylic acids is 2. The monoisotopic (exact) mass is 755 g/mol. The summed E-state index contributed by atoms with van der Waals surface area (Å²) < 4.78 is 0. The fraction of sp³-hybridized carbons (Fsp3) is 0.556. The Kier molecular flexibility index (Phi) is 17.0. The number of hydrogen-bond acceptors (Lipinski definition) is 10. The lowest BCUT2D eigenvalue weighted by Crippen LogP contribution is -2.60. The first-order valence-corrected chi connectivity index (χ1v) is 18.2. The highest BCUT2D eigenvalue weighted by Gasteiger charge is 2.40. The first-order chi connectivity index (χ1) is 25.7. The number of nitrogens with one attached hydrogen (secondary N) is 5. The molecule has 7 atom stereocenters. The molecule has 1 saturated heterocycles. The number of aliphatic carboxylic acids is 2. The summed E-state index contributed by atoms with van der Waals surface area (Å²) in [4.78, 5) is 99.5. The van der Waals surface area contributed by atoms with Crippen molar-refractivity contribution in [1.29, 1.82) is 0 Å². The Morgan fingerprint density at radius 3 is 2.24 bits per heavy atom. The van der Waals surface area contributed by atoms with E-state index in [1.807, 2.05) is 6.92 Å². The molecule has 54 heavy (non-hydrogen) atoms. The molecule has 11 N–H and O–H groups in total. The van der Waals surface area contributed by atoms with Gasteiger partial charge in [-0.2, -0.15) is 0 Å². The number of nitrogens with zero attached hydrogens (tertiary/aromatic N) is 2. The van der Waals surface area contributed by atoms with Gasteiger partial charge in [0.25, 0.3) is 0 Å². The maximum atomic E-state index is 14.2. The Hall–Kier alpha value is -5.36. The van der Waals surface area contributed by atoms with Crippen LogP contribution >= 0.6 is 0 Å². The summed E-state index contributed by atoms with van der Waals surface area (Å²) in [5.41, 5.74) is 12.6. The van der Waals surface area contributed by atoms with Crippen LogP contribution in [0.15, 0.2) is 42.9 Å². The molecule has 0 saturated carbocycles. The molecule has 2 heterocycles. The van der Waals surface area contributed by atoms with Crippen LogP contribution in [0.25, 0.3) is 0 Å². The van der Waals surface area contributed by atoms with Gasteiger partial charge < -0.3 is 52.8 Å². The fourth-order valence-corrected chi connectivity index (χ4v) is 6.18. The molecular formula is C36H53N9O9. The molecule has 296 valence electrons. The van der Waals surface area contributed by atoms with Gasteiger partial charge in [0.15, 0.2) is 0 Å². The minimum absolute atomic E-state index is 0.0382. The van der Waals surface area contributed by atoms with Crippen LogP contribution in [0.1, 0.15) is 70.1 Å².